The second-order valence-electron chi connectivity index (χ2n) is 7.61. The van der Waals surface area contributed by atoms with E-state index in [0.29, 0.717) is 16.5 Å². The average molecular weight is 450 g/mol. The van der Waals surface area contributed by atoms with Gasteiger partial charge < -0.3 is 4.74 Å². The van der Waals surface area contributed by atoms with Crippen LogP contribution < -0.4 is 4.72 Å². The van der Waals surface area contributed by atoms with Crippen LogP contribution in [0.5, 0.6) is 0 Å². The molecule has 162 valence electrons. The lowest BCUT2D eigenvalue weighted by molar-refractivity contribution is -0.143. The van der Waals surface area contributed by atoms with E-state index in [1.165, 1.54) is 24.8 Å². The maximum Gasteiger partial charge on any atom is 0.307 e. The van der Waals surface area contributed by atoms with Crippen molar-refractivity contribution in [2.45, 2.75) is 62.3 Å². The van der Waals surface area contributed by atoms with Crippen LogP contribution >= 0.6 is 11.6 Å². The molecule has 1 atom stereocenters. The molecule has 0 bridgehead atoms. The Morgan fingerprint density at radius 2 is 1.77 bits per heavy atom. The zero-order valence-electron chi connectivity index (χ0n) is 17.1. The smallest absolute Gasteiger partial charge is 0.307 e. The summed E-state index contributed by atoms with van der Waals surface area (Å²) >= 11 is 6.27. The molecule has 7 heteroatoms. The lowest BCUT2D eigenvalue weighted by atomic mass is 9.84. The molecule has 1 aliphatic carbocycles. The fraction of sp³-hybridized carbons (Fsp3) is 0.435. The van der Waals surface area contributed by atoms with Gasteiger partial charge in [-0.25, -0.2) is 13.1 Å². The molecule has 1 N–H and O–H groups in total. The van der Waals surface area contributed by atoms with Crippen molar-refractivity contribution in [1.29, 1.82) is 0 Å². The second-order valence-corrected chi connectivity index (χ2v) is 9.73. The molecule has 0 amide bonds. The molecule has 0 spiro atoms. The predicted molar refractivity (Wildman–Crippen MR) is 118 cm³/mol. The Bertz CT molecular complexity index is 953. The van der Waals surface area contributed by atoms with Crippen LogP contribution in [0.3, 0.4) is 0 Å². The number of hydrogen-bond donors (Lipinski definition) is 1. The summed E-state index contributed by atoms with van der Waals surface area (Å²) in [5.41, 5.74) is 1.72. The van der Waals surface area contributed by atoms with Crippen LogP contribution in [0.4, 0.5) is 0 Å². The van der Waals surface area contributed by atoms with Crippen molar-refractivity contribution in [1.82, 2.24) is 4.72 Å². The molecule has 0 heterocycles. The van der Waals surface area contributed by atoms with Gasteiger partial charge in [-0.2, -0.15) is 0 Å². The summed E-state index contributed by atoms with van der Waals surface area (Å²) in [6, 6.07) is 13.2. The first-order valence-corrected chi connectivity index (χ1v) is 12.3. The number of hydrogen-bond acceptors (Lipinski definition) is 4. The third-order valence-corrected chi connectivity index (χ3v) is 7.35. The molecule has 2 aromatic rings. The fourth-order valence-electron chi connectivity index (χ4n) is 3.97. The second kappa shape index (κ2) is 10.4. The standard InChI is InChI=1S/C23H28ClNO4S/c1-2-29-23(26)16-22(20-10-6-7-11-21(20)24)25-30(27,28)19-14-12-18(13-15-19)17-8-4-3-5-9-17/h6-7,10-15,17,22,25H,2-5,8-9,16H2,1H3/t22-/m1/s1. The number of rotatable bonds is 8. The summed E-state index contributed by atoms with van der Waals surface area (Å²) in [6.07, 6.45) is 5.88. The molecule has 5 nitrogen and oxygen atoms in total. The SMILES string of the molecule is CCOC(=O)C[C@@H](NS(=O)(=O)c1ccc(C2CCCCC2)cc1)c1ccccc1Cl. The van der Waals surface area contributed by atoms with Gasteiger partial charge in [0, 0.05) is 5.02 Å². The van der Waals surface area contributed by atoms with E-state index in [-0.39, 0.29) is 17.9 Å². The third-order valence-electron chi connectivity index (χ3n) is 5.52. The molecule has 3 rings (SSSR count). The number of nitrogens with one attached hydrogen (secondary N) is 1. The summed E-state index contributed by atoms with van der Waals surface area (Å²) in [4.78, 5) is 12.2. The number of benzene rings is 2. The molecule has 0 saturated heterocycles. The van der Waals surface area contributed by atoms with Crippen molar-refractivity contribution in [3.05, 3.63) is 64.7 Å². The summed E-state index contributed by atoms with van der Waals surface area (Å²) in [7, 11) is -3.85. The Labute approximate surface area is 183 Å². The highest BCUT2D eigenvalue weighted by atomic mass is 35.5. The number of sulfonamides is 1. The van der Waals surface area contributed by atoms with Crippen LogP contribution in [0.15, 0.2) is 53.4 Å². The molecule has 0 aromatic heterocycles. The third kappa shape index (κ3) is 5.84. The van der Waals surface area contributed by atoms with Crippen LogP contribution in [0.2, 0.25) is 5.02 Å². The van der Waals surface area contributed by atoms with Crippen LogP contribution in [0.25, 0.3) is 0 Å². The molecule has 0 radical (unpaired) electrons. The normalized spacial score (nSPS) is 16.2. The van der Waals surface area contributed by atoms with Crippen molar-refractivity contribution in [3.8, 4) is 0 Å². The minimum Gasteiger partial charge on any atom is -0.466 e. The molecular formula is C23H28ClNO4S. The summed E-state index contributed by atoms with van der Waals surface area (Å²) in [5.74, 6) is 0.0147. The molecule has 0 aliphatic heterocycles. The summed E-state index contributed by atoms with van der Waals surface area (Å²) in [6.45, 7) is 1.93. The first-order chi connectivity index (χ1) is 14.4. The van der Waals surface area contributed by atoms with Crippen LogP contribution in [0, 0.1) is 0 Å². The van der Waals surface area contributed by atoms with E-state index < -0.39 is 22.0 Å². The zero-order valence-corrected chi connectivity index (χ0v) is 18.7. The van der Waals surface area contributed by atoms with E-state index in [2.05, 4.69) is 4.72 Å². The molecule has 2 aromatic carbocycles. The molecule has 0 unspecified atom stereocenters. The zero-order chi connectivity index (χ0) is 21.6. The Kier molecular flexibility index (Phi) is 7.92. The topological polar surface area (TPSA) is 72.5 Å². The van der Waals surface area contributed by atoms with Gasteiger partial charge in [-0.1, -0.05) is 61.2 Å². The monoisotopic (exact) mass is 449 g/mol. The van der Waals surface area contributed by atoms with Gasteiger partial charge in [0.1, 0.15) is 0 Å². The minimum absolute atomic E-state index is 0.142. The van der Waals surface area contributed by atoms with Gasteiger partial charge in [-0.05, 0) is 55.0 Å². The van der Waals surface area contributed by atoms with Crippen molar-refractivity contribution in [2.24, 2.45) is 0 Å². The quantitative estimate of drug-likeness (QED) is 0.550. The van der Waals surface area contributed by atoms with E-state index in [1.807, 2.05) is 12.1 Å². The van der Waals surface area contributed by atoms with Gasteiger partial charge in [-0.15, -0.1) is 0 Å². The molecule has 1 aliphatic rings. The van der Waals surface area contributed by atoms with E-state index >= 15 is 0 Å². The van der Waals surface area contributed by atoms with Crippen molar-refractivity contribution in [2.75, 3.05) is 6.61 Å². The number of carbonyl (C=O) groups excluding carboxylic acids is 1. The lowest BCUT2D eigenvalue weighted by Gasteiger charge is -2.22. The van der Waals surface area contributed by atoms with Crippen molar-refractivity contribution >= 4 is 27.6 Å². The van der Waals surface area contributed by atoms with Gasteiger partial charge in [0.2, 0.25) is 10.0 Å². The minimum atomic E-state index is -3.85. The molecule has 1 fully saturated rings. The van der Waals surface area contributed by atoms with Crippen LogP contribution in [-0.2, 0) is 19.6 Å². The van der Waals surface area contributed by atoms with E-state index in [4.69, 9.17) is 16.3 Å². The van der Waals surface area contributed by atoms with E-state index in [1.54, 1.807) is 43.3 Å². The van der Waals surface area contributed by atoms with E-state index in [0.717, 1.165) is 12.8 Å². The maximum absolute atomic E-state index is 13.0. The average Bonchev–Trinajstić information content (AvgIpc) is 2.74. The van der Waals surface area contributed by atoms with Gasteiger partial charge >= 0.3 is 5.97 Å². The molecule has 1 saturated carbocycles. The Balaban J connectivity index is 1.81. The molecule has 30 heavy (non-hydrogen) atoms. The Hall–Kier alpha value is -1.89. The Morgan fingerprint density at radius 3 is 2.40 bits per heavy atom. The van der Waals surface area contributed by atoms with Gasteiger partial charge in [0.15, 0.2) is 0 Å². The number of carbonyl (C=O) groups is 1. The highest BCUT2D eigenvalue weighted by Crippen LogP contribution is 2.33. The summed E-state index contributed by atoms with van der Waals surface area (Å²) in [5, 5.41) is 0.391. The number of esters is 1. The van der Waals surface area contributed by atoms with Gasteiger partial charge in [-0.3, -0.25) is 4.79 Å². The number of halogens is 1. The lowest BCUT2D eigenvalue weighted by Crippen LogP contribution is -2.31. The summed E-state index contributed by atoms with van der Waals surface area (Å²) < 4.78 is 33.8. The highest BCUT2D eigenvalue weighted by Gasteiger charge is 2.26. The number of ether oxygens (including phenoxy) is 1. The first kappa shape index (κ1) is 22.8. The largest absolute Gasteiger partial charge is 0.466 e. The predicted octanol–water partition coefficient (Wildman–Crippen LogP) is 5.36. The highest BCUT2D eigenvalue weighted by molar-refractivity contribution is 7.89. The Morgan fingerprint density at radius 1 is 1.10 bits per heavy atom. The maximum atomic E-state index is 13.0. The van der Waals surface area contributed by atoms with E-state index in [9.17, 15) is 13.2 Å². The van der Waals surface area contributed by atoms with Gasteiger partial charge in [0.25, 0.3) is 0 Å². The van der Waals surface area contributed by atoms with Gasteiger partial charge in [0.05, 0.1) is 24.0 Å². The van der Waals surface area contributed by atoms with Crippen LogP contribution in [0.1, 0.15) is 68.5 Å². The first-order valence-electron chi connectivity index (χ1n) is 10.4. The van der Waals surface area contributed by atoms with Crippen molar-refractivity contribution < 1.29 is 17.9 Å². The van der Waals surface area contributed by atoms with Crippen LogP contribution in [-0.4, -0.2) is 21.0 Å². The molecular weight excluding hydrogens is 422 g/mol. The van der Waals surface area contributed by atoms with Crippen molar-refractivity contribution in [3.63, 3.8) is 0 Å². The fourth-order valence-corrected chi connectivity index (χ4v) is 5.45.